The fourth-order valence-corrected chi connectivity index (χ4v) is 2.49. The number of hydrogen-bond acceptors (Lipinski definition) is 4. The molecule has 0 aliphatic heterocycles. The van der Waals surface area contributed by atoms with Crippen molar-refractivity contribution < 1.29 is 23.5 Å². The second-order valence-electron chi connectivity index (χ2n) is 5.34. The van der Waals surface area contributed by atoms with Crippen molar-refractivity contribution in [3.05, 3.63) is 76.6 Å². The summed E-state index contributed by atoms with van der Waals surface area (Å²) >= 11 is 6.06. The highest BCUT2D eigenvalue weighted by molar-refractivity contribution is 6.33. The lowest BCUT2D eigenvalue weighted by Gasteiger charge is -2.08. The molecule has 0 spiro atoms. The first-order valence-electron chi connectivity index (χ1n) is 7.47. The van der Waals surface area contributed by atoms with Crippen molar-refractivity contribution in [1.29, 1.82) is 0 Å². The number of aromatic nitrogens is 2. The molecule has 3 rings (SSSR count). The van der Waals surface area contributed by atoms with Gasteiger partial charge in [-0.1, -0.05) is 17.7 Å². The summed E-state index contributed by atoms with van der Waals surface area (Å²) in [5.41, 5.74) is -0.121. The van der Waals surface area contributed by atoms with Crippen LogP contribution in [0.5, 0.6) is 0 Å². The minimum absolute atomic E-state index is 0.0172. The number of halogens is 3. The molecule has 1 heterocycles. The molecule has 136 valence electrons. The van der Waals surface area contributed by atoms with Gasteiger partial charge in [0, 0.05) is 5.56 Å². The average Bonchev–Trinajstić information content (AvgIpc) is 2.62. The number of carbonyl (C=O) groups excluding carboxylic acids is 1. The number of nitrogens with one attached hydrogen (secondary N) is 1. The van der Waals surface area contributed by atoms with E-state index in [0.29, 0.717) is 5.56 Å². The van der Waals surface area contributed by atoms with Gasteiger partial charge in [0.05, 0.1) is 28.7 Å². The molecule has 0 aliphatic rings. The Morgan fingerprint density at radius 3 is 2.33 bits per heavy atom. The summed E-state index contributed by atoms with van der Waals surface area (Å²) in [4.78, 5) is 31.1. The van der Waals surface area contributed by atoms with Crippen LogP contribution in [-0.4, -0.2) is 27.0 Å². The van der Waals surface area contributed by atoms with Crippen LogP contribution in [0, 0.1) is 11.6 Å². The summed E-state index contributed by atoms with van der Waals surface area (Å²) < 4.78 is 27.3. The number of amides is 1. The van der Waals surface area contributed by atoms with Gasteiger partial charge in [0.25, 0.3) is 5.91 Å². The van der Waals surface area contributed by atoms with Crippen molar-refractivity contribution in [3.8, 4) is 11.3 Å². The standard InChI is InChI=1S/C18H10ClF2N3O3/c19-11-5-4-9(18(26)27)6-10(11)14-7-23-15(8-22-14)24-17(25)16-12(20)2-1-3-13(16)21/h1-8H,(H,26,27)(H,23,24,25). The Balaban J connectivity index is 1.85. The summed E-state index contributed by atoms with van der Waals surface area (Å²) in [6.07, 6.45) is 2.41. The molecule has 0 bridgehead atoms. The lowest BCUT2D eigenvalue weighted by atomic mass is 10.1. The molecule has 2 aromatic carbocycles. The quantitative estimate of drug-likeness (QED) is 0.703. The molecule has 0 radical (unpaired) electrons. The van der Waals surface area contributed by atoms with Crippen molar-refractivity contribution in [1.82, 2.24) is 9.97 Å². The van der Waals surface area contributed by atoms with Gasteiger partial charge in [0.2, 0.25) is 0 Å². The SMILES string of the molecule is O=C(O)c1ccc(Cl)c(-c2cnc(NC(=O)c3c(F)cccc3F)cn2)c1. The third-order valence-corrected chi connectivity index (χ3v) is 3.90. The predicted octanol–water partition coefficient (Wildman–Crippen LogP) is 4.03. The van der Waals surface area contributed by atoms with Crippen molar-refractivity contribution >= 4 is 29.3 Å². The Kier molecular flexibility index (Phi) is 5.09. The van der Waals surface area contributed by atoms with E-state index in [1.807, 2.05) is 0 Å². The number of benzene rings is 2. The van der Waals surface area contributed by atoms with Gasteiger partial charge in [-0.15, -0.1) is 0 Å². The zero-order chi connectivity index (χ0) is 19.6. The Morgan fingerprint density at radius 1 is 1.04 bits per heavy atom. The van der Waals surface area contributed by atoms with E-state index >= 15 is 0 Å². The molecule has 6 nitrogen and oxygen atoms in total. The number of rotatable bonds is 4. The van der Waals surface area contributed by atoms with Gasteiger partial charge >= 0.3 is 5.97 Å². The van der Waals surface area contributed by atoms with Gasteiger partial charge in [0.15, 0.2) is 5.82 Å². The van der Waals surface area contributed by atoms with E-state index < -0.39 is 29.1 Å². The maximum Gasteiger partial charge on any atom is 0.335 e. The highest BCUT2D eigenvalue weighted by Gasteiger charge is 2.18. The van der Waals surface area contributed by atoms with Gasteiger partial charge in [-0.05, 0) is 30.3 Å². The van der Waals surface area contributed by atoms with Crippen molar-refractivity contribution in [3.63, 3.8) is 0 Å². The van der Waals surface area contributed by atoms with Crippen LogP contribution in [0.1, 0.15) is 20.7 Å². The number of nitrogens with zero attached hydrogens (tertiary/aromatic N) is 2. The van der Waals surface area contributed by atoms with Crippen molar-refractivity contribution in [2.75, 3.05) is 5.32 Å². The number of carboxylic acids is 1. The summed E-state index contributed by atoms with van der Waals surface area (Å²) in [6, 6.07) is 7.17. The van der Waals surface area contributed by atoms with E-state index in [1.165, 1.54) is 24.4 Å². The van der Waals surface area contributed by atoms with Crippen LogP contribution in [0.3, 0.4) is 0 Å². The number of anilines is 1. The summed E-state index contributed by atoms with van der Waals surface area (Å²) in [5.74, 6) is -4.20. The van der Waals surface area contributed by atoms with Gasteiger partial charge in [0.1, 0.15) is 17.2 Å². The van der Waals surface area contributed by atoms with Crippen LogP contribution in [0.2, 0.25) is 5.02 Å². The van der Waals surface area contributed by atoms with E-state index in [2.05, 4.69) is 15.3 Å². The molecule has 1 amide bonds. The minimum atomic E-state index is -1.13. The molecular formula is C18H10ClF2N3O3. The second-order valence-corrected chi connectivity index (χ2v) is 5.74. The summed E-state index contributed by atoms with van der Waals surface area (Å²) in [5, 5.41) is 11.6. The molecule has 0 aliphatic carbocycles. The lowest BCUT2D eigenvalue weighted by Crippen LogP contribution is -2.16. The smallest absolute Gasteiger partial charge is 0.335 e. The predicted molar refractivity (Wildman–Crippen MR) is 93.7 cm³/mol. The molecule has 1 aromatic heterocycles. The average molecular weight is 390 g/mol. The van der Waals surface area contributed by atoms with Crippen LogP contribution < -0.4 is 5.32 Å². The molecule has 3 aromatic rings. The third-order valence-electron chi connectivity index (χ3n) is 3.57. The molecule has 27 heavy (non-hydrogen) atoms. The van der Waals surface area contributed by atoms with Crippen molar-refractivity contribution in [2.45, 2.75) is 0 Å². The van der Waals surface area contributed by atoms with Gasteiger partial charge in [-0.2, -0.15) is 0 Å². The van der Waals surface area contributed by atoms with Gasteiger partial charge < -0.3 is 10.4 Å². The van der Waals surface area contributed by atoms with Gasteiger partial charge in [-0.25, -0.2) is 18.6 Å². The lowest BCUT2D eigenvalue weighted by molar-refractivity contribution is 0.0696. The zero-order valence-electron chi connectivity index (χ0n) is 13.4. The normalized spacial score (nSPS) is 10.5. The van der Waals surface area contributed by atoms with E-state index in [-0.39, 0.29) is 22.1 Å². The minimum Gasteiger partial charge on any atom is -0.478 e. The molecule has 0 unspecified atom stereocenters. The van der Waals surface area contributed by atoms with Crippen LogP contribution in [0.4, 0.5) is 14.6 Å². The molecular weight excluding hydrogens is 380 g/mol. The summed E-state index contributed by atoms with van der Waals surface area (Å²) in [7, 11) is 0. The van der Waals surface area contributed by atoms with E-state index in [4.69, 9.17) is 16.7 Å². The Hall–Kier alpha value is -3.39. The zero-order valence-corrected chi connectivity index (χ0v) is 14.2. The fourth-order valence-electron chi connectivity index (χ4n) is 2.28. The summed E-state index contributed by atoms with van der Waals surface area (Å²) in [6.45, 7) is 0. The molecule has 2 N–H and O–H groups in total. The molecule has 0 saturated carbocycles. The van der Waals surface area contributed by atoms with E-state index in [1.54, 1.807) is 0 Å². The Bertz CT molecular complexity index is 1020. The van der Waals surface area contributed by atoms with Crippen LogP contribution in [-0.2, 0) is 0 Å². The fraction of sp³-hybridized carbons (Fsp3) is 0. The van der Waals surface area contributed by atoms with E-state index in [0.717, 1.165) is 24.4 Å². The Morgan fingerprint density at radius 2 is 1.74 bits per heavy atom. The first kappa shape index (κ1) is 18.4. The topological polar surface area (TPSA) is 92.2 Å². The van der Waals surface area contributed by atoms with Crippen LogP contribution in [0.15, 0.2) is 48.8 Å². The maximum absolute atomic E-state index is 13.6. The Labute approximate surface area is 156 Å². The number of hydrogen-bond donors (Lipinski definition) is 2. The number of aromatic carboxylic acids is 1. The van der Waals surface area contributed by atoms with E-state index in [9.17, 15) is 18.4 Å². The number of carboxylic acid groups (broad SMARTS) is 1. The van der Waals surface area contributed by atoms with Gasteiger partial charge in [-0.3, -0.25) is 9.78 Å². The first-order chi connectivity index (χ1) is 12.9. The highest BCUT2D eigenvalue weighted by Crippen LogP contribution is 2.27. The maximum atomic E-state index is 13.6. The third kappa shape index (κ3) is 3.90. The molecule has 0 atom stereocenters. The largest absolute Gasteiger partial charge is 0.478 e. The van der Waals surface area contributed by atoms with Crippen molar-refractivity contribution in [2.24, 2.45) is 0 Å². The second kappa shape index (κ2) is 7.46. The number of carbonyl (C=O) groups is 2. The molecule has 0 saturated heterocycles. The first-order valence-corrected chi connectivity index (χ1v) is 7.85. The van der Waals surface area contributed by atoms with Crippen LogP contribution >= 0.6 is 11.6 Å². The highest BCUT2D eigenvalue weighted by atomic mass is 35.5. The molecule has 9 heteroatoms. The van der Waals surface area contributed by atoms with Crippen LogP contribution in [0.25, 0.3) is 11.3 Å². The molecule has 0 fully saturated rings. The monoisotopic (exact) mass is 389 g/mol.